The van der Waals surface area contributed by atoms with Crippen LogP contribution in [-0.4, -0.2) is 15.5 Å². The Labute approximate surface area is 124 Å². The van der Waals surface area contributed by atoms with Crippen molar-refractivity contribution < 1.29 is 13.2 Å². The van der Waals surface area contributed by atoms with Crippen LogP contribution in [0.4, 0.5) is 24.0 Å². The van der Waals surface area contributed by atoms with Gasteiger partial charge in [-0.15, -0.1) is 0 Å². The fourth-order valence-corrected chi connectivity index (χ4v) is 2.67. The summed E-state index contributed by atoms with van der Waals surface area (Å²) in [5, 5.41) is 3.79. The minimum Gasteiger partial charge on any atom is -0.330 e. The number of nitrogens with one attached hydrogen (secondary N) is 1. The van der Waals surface area contributed by atoms with E-state index in [9.17, 15) is 13.2 Å². The number of rotatable bonds is 5. The first kappa shape index (κ1) is 14.3. The quantitative estimate of drug-likeness (QED) is 0.873. The van der Waals surface area contributed by atoms with E-state index in [2.05, 4.69) is 14.7 Å². The summed E-state index contributed by atoms with van der Waals surface area (Å²) in [7, 11) is 0. The minimum atomic E-state index is -4.12. The Balaban J connectivity index is 1.64. The molecule has 0 atom stereocenters. The van der Waals surface area contributed by atoms with Gasteiger partial charge in [-0.1, -0.05) is 12.1 Å². The van der Waals surface area contributed by atoms with E-state index in [0.29, 0.717) is 16.6 Å². The number of anilines is 2. The molecule has 1 heterocycles. The van der Waals surface area contributed by atoms with Crippen molar-refractivity contribution in [3.05, 3.63) is 35.7 Å². The second-order valence-electron chi connectivity index (χ2n) is 5.17. The Hall–Kier alpha value is -1.63. The largest absolute Gasteiger partial charge is 0.389 e. The Morgan fingerprint density at radius 2 is 2.10 bits per heavy atom. The van der Waals surface area contributed by atoms with Crippen LogP contribution in [-0.2, 0) is 6.42 Å². The lowest BCUT2D eigenvalue weighted by Crippen LogP contribution is -2.08. The summed E-state index contributed by atoms with van der Waals surface area (Å²) in [4.78, 5) is 4.40. The molecule has 1 aliphatic carbocycles. The number of hydrogen-bond acceptors (Lipinski definition) is 4. The number of halogens is 3. The van der Waals surface area contributed by atoms with Crippen LogP contribution in [0.1, 0.15) is 36.6 Å². The Kier molecular flexibility index (Phi) is 3.84. The molecule has 0 radical (unpaired) electrons. The molecule has 3 nitrogen and oxygen atoms in total. The van der Waals surface area contributed by atoms with Crippen molar-refractivity contribution >= 4 is 22.4 Å². The first-order valence-electron chi connectivity index (χ1n) is 6.76. The molecule has 1 N–H and O–H groups in total. The first-order chi connectivity index (χ1) is 9.99. The summed E-state index contributed by atoms with van der Waals surface area (Å²) in [6, 6.07) is 6.99. The lowest BCUT2D eigenvalue weighted by Gasteiger charge is -2.08. The van der Waals surface area contributed by atoms with Gasteiger partial charge in [0.25, 0.3) is 0 Å². The zero-order valence-electron chi connectivity index (χ0n) is 11.2. The fraction of sp³-hybridized carbons (Fsp3) is 0.429. The molecule has 21 heavy (non-hydrogen) atoms. The van der Waals surface area contributed by atoms with Crippen LogP contribution in [0.15, 0.2) is 24.3 Å². The maximum Gasteiger partial charge on any atom is 0.389 e. The van der Waals surface area contributed by atoms with Crippen LogP contribution in [0.5, 0.6) is 0 Å². The highest BCUT2D eigenvalue weighted by Gasteiger charge is 2.28. The molecule has 3 rings (SSSR count). The molecule has 0 aliphatic heterocycles. The smallest absolute Gasteiger partial charge is 0.330 e. The third kappa shape index (κ3) is 4.17. The average molecular weight is 313 g/mol. The number of alkyl halides is 3. The van der Waals surface area contributed by atoms with Crippen molar-refractivity contribution in [3.63, 3.8) is 0 Å². The molecule has 1 aliphatic rings. The molecule has 1 fully saturated rings. The normalized spacial score (nSPS) is 15.2. The molecule has 112 valence electrons. The lowest BCUT2D eigenvalue weighted by molar-refractivity contribution is -0.133. The standard InChI is InChI=1S/C14H14F3N3S/c15-14(16,17)7-6-9-2-1-3-11(8-9)18-13-19-12(20-21-13)10-4-5-10/h1-3,8,10H,4-7H2,(H,18,19,20). The molecule has 7 heteroatoms. The highest BCUT2D eigenvalue weighted by molar-refractivity contribution is 7.09. The second kappa shape index (κ2) is 5.63. The molecule has 1 aromatic heterocycles. The van der Waals surface area contributed by atoms with Gasteiger partial charge in [0.1, 0.15) is 5.82 Å². The van der Waals surface area contributed by atoms with Gasteiger partial charge < -0.3 is 5.32 Å². The lowest BCUT2D eigenvalue weighted by atomic mass is 10.1. The summed E-state index contributed by atoms with van der Waals surface area (Å²) >= 11 is 1.28. The van der Waals surface area contributed by atoms with E-state index >= 15 is 0 Å². The van der Waals surface area contributed by atoms with Gasteiger partial charge in [-0.2, -0.15) is 17.5 Å². The predicted octanol–water partition coefficient (Wildman–Crippen LogP) is 4.65. The van der Waals surface area contributed by atoms with Crippen LogP contribution in [0.25, 0.3) is 0 Å². The molecule has 2 aromatic rings. The van der Waals surface area contributed by atoms with Gasteiger partial charge >= 0.3 is 6.18 Å². The van der Waals surface area contributed by atoms with Gasteiger partial charge in [-0.05, 0) is 37.0 Å². The van der Waals surface area contributed by atoms with E-state index in [1.54, 1.807) is 18.2 Å². The molecule has 0 saturated heterocycles. The van der Waals surface area contributed by atoms with Gasteiger partial charge in [0.2, 0.25) is 5.13 Å². The molecular weight excluding hydrogens is 299 g/mol. The Bertz CT molecular complexity index is 620. The van der Waals surface area contributed by atoms with Gasteiger partial charge in [0.15, 0.2) is 0 Å². The van der Waals surface area contributed by atoms with Crippen LogP contribution < -0.4 is 5.32 Å². The van der Waals surface area contributed by atoms with Crippen LogP contribution in [0, 0.1) is 0 Å². The molecule has 0 amide bonds. The van der Waals surface area contributed by atoms with E-state index in [1.807, 2.05) is 6.07 Å². The van der Waals surface area contributed by atoms with Crippen LogP contribution >= 0.6 is 11.5 Å². The highest BCUT2D eigenvalue weighted by atomic mass is 32.1. The first-order valence-corrected chi connectivity index (χ1v) is 7.53. The average Bonchev–Trinajstić information content (AvgIpc) is 3.17. The van der Waals surface area contributed by atoms with E-state index in [-0.39, 0.29) is 6.42 Å². The molecule has 0 unspecified atom stereocenters. The van der Waals surface area contributed by atoms with Crippen LogP contribution in [0.3, 0.4) is 0 Å². The summed E-state index contributed by atoms with van der Waals surface area (Å²) in [5.41, 5.74) is 1.40. The third-order valence-electron chi connectivity index (χ3n) is 3.26. The van der Waals surface area contributed by atoms with Gasteiger partial charge in [-0.25, -0.2) is 4.98 Å². The summed E-state index contributed by atoms with van der Waals surface area (Å²) < 4.78 is 41.0. The SMILES string of the molecule is FC(F)(F)CCc1cccc(Nc2nc(C3CC3)ns2)c1. The van der Waals surface area contributed by atoms with Gasteiger partial charge in [-0.3, -0.25) is 0 Å². The number of aryl methyl sites for hydroxylation is 1. The maximum atomic E-state index is 12.2. The Morgan fingerprint density at radius 1 is 1.29 bits per heavy atom. The summed E-state index contributed by atoms with van der Waals surface area (Å²) in [5.74, 6) is 1.37. The van der Waals surface area contributed by atoms with Gasteiger partial charge in [0.05, 0.1) is 0 Å². The van der Waals surface area contributed by atoms with E-state index in [1.165, 1.54) is 11.5 Å². The maximum absolute atomic E-state index is 12.2. The predicted molar refractivity (Wildman–Crippen MR) is 76.0 cm³/mol. The molecule has 1 saturated carbocycles. The van der Waals surface area contributed by atoms with Crippen molar-refractivity contribution in [1.29, 1.82) is 0 Å². The van der Waals surface area contributed by atoms with Gasteiger partial charge in [0, 0.05) is 29.6 Å². The summed E-state index contributed by atoms with van der Waals surface area (Å²) in [6.45, 7) is 0. The topological polar surface area (TPSA) is 37.8 Å². The monoisotopic (exact) mass is 313 g/mol. The van der Waals surface area contributed by atoms with E-state index in [0.717, 1.165) is 24.4 Å². The molecule has 0 bridgehead atoms. The minimum absolute atomic E-state index is 0.0114. The summed E-state index contributed by atoms with van der Waals surface area (Å²) in [6.07, 6.45) is -2.66. The Morgan fingerprint density at radius 3 is 2.81 bits per heavy atom. The zero-order valence-corrected chi connectivity index (χ0v) is 12.0. The zero-order chi connectivity index (χ0) is 14.9. The molecular formula is C14H14F3N3S. The number of nitrogens with zero attached hydrogens (tertiary/aromatic N) is 2. The van der Waals surface area contributed by atoms with Crippen molar-refractivity contribution in [2.24, 2.45) is 0 Å². The van der Waals surface area contributed by atoms with Crippen molar-refractivity contribution in [3.8, 4) is 0 Å². The number of benzene rings is 1. The number of hydrogen-bond donors (Lipinski definition) is 1. The third-order valence-corrected chi connectivity index (χ3v) is 3.90. The second-order valence-corrected chi connectivity index (χ2v) is 5.92. The van der Waals surface area contributed by atoms with Crippen molar-refractivity contribution in [1.82, 2.24) is 9.36 Å². The fourth-order valence-electron chi connectivity index (χ4n) is 2.01. The number of aromatic nitrogens is 2. The molecule has 1 aromatic carbocycles. The van der Waals surface area contributed by atoms with E-state index < -0.39 is 12.6 Å². The van der Waals surface area contributed by atoms with E-state index in [4.69, 9.17) is 0 Å². The van der Waals surface area contributed by atoms with Crippen molar-refractivity contribution in [2.45, 2.75) is 37.8 Å². The highest BCUT2D eigenvalue weighted by Crippen LogP contribution is 2.39. The van der Waals surface area contributed by atoms with Crippen LogP contribution in [0.2, 0.25) is 0 Å². The molecule has 0 spiro atoms. The van der Waals surface area contributed by atoms with Crippen molar-refractivity contribution in [2.75, 3.05) is 5.32 Å².